The third kappa shape index (κ3) is 5.37. The standard InChI is InChI=1S/C18H38N2/c1-6-8-9-13-20(15(3)4)18-14-16(10-7-2)11-12-17(18)19-5/h15-19H,6-14H2,1-5H3. The van der Waals surface area contributed by atoms with Crippen molar-refractivity contribution in [2.45, 2.75) is 97.2 Å². The highest BCUT2D eigenvalue weighted by molar-refractivity contribution is 4.91. The van der Waals surface area contributed by atoms with Crippen LogP contribution in [0.4, 0.5) is 0 Å². The Morgan fingerprint density at radius 2 is 1.85 bits per heavy atom. The van der Waals surface area contributed by atoms with E-state index in [-0.39, 0.29) is 0 Å². The van der Waals surface area contributed by atoms with Crippen molar-refractivity contribution < 1.29 is 0 Å². The molecular weight excluding hydrogens is 244 g/mol. The molecule has 2 heteroatoms. The highest BCUT2D eigenvalue weighted by atomic mass is 15.2. The maximum Gasteiger partial charge on any atom is 0.0254 e. The van der Waals surface area contributed by atoms with Gasteiger partial charge in [0.15, 0.2) is 0 Å². The first-order chi connectivity index (χ1) is 9.63. The fourth-order valence-electron chi connectivity index (χ4n) is 3.96. The summed E-state index contributed by atoms with van der Waals surface area (Å²) in [7, 11) is 2.16. The third-order valence-electron chi connectivity index (χ3n) is 5.10. The SMILES string of the molecule is CCCCCN(C(C)C)C1CC(CCC)CCC1NC. The summed E-state index contributed by atoms with van der Waals surface area (Å²) in [6, 6.07) is 2.13. The predicted molar refractivity (Wildman–Crippen MR) is 90.3 cm³/mol. The number of rotatable bonds is 9. The molecule has 2 nitrogen and oxygen atoms in total. The molecule has 0 aromatic heterocycles. The number of likely N-dealkylation sites (N-methyl/N-ethyl adjacent to an activating group) is 1. The first kappa shape index (κ1) is 18.0. The number of unbranched alkanes of at least 4 members (excludes halogenated alkanes) is 2. The summed E-state index contributed by atoms with van der Waals surface area (Å²) >= 11 is 0. The highest BCUT2D eigenvalue weighted by Gasteiger charge is 2.33. The van der Waals surface area contributed by atoms with Crippen molar-refractivity contribution >= 4 is 0 Å². The van der Waals surface area contributed by atoms with Gasteiger partial charge >= 0.3 is 0 Å². The molecule has 0 bridgehead atoms. The molecule has 1 rings (SSSR count). The van der Waals surface area contributed by atoms with Crippen LogP contribution in [-0.4, -0.2) is 36.6 Å². The summed E-state index contributed by atoms with van der Waals surface area (Å²) < 4.78 is 0. The second-order valence-corrected chi connectivity index (χ2v) is 6.97. The van der Waals surface area contributed by atoms with Gasteiger partial charge in [-0.3, -0.25) is 4.90 Å². The Labute approximate surface area is 127 Å². The van der Waals surface area contributed by atoms with Gasteiger partial charge in [-0.05, 0) is 59.0 Å². The Kier molecular flexibility index (Phi) is 8.79. The van der Waals surface area contributed by atoms with E-state index >= 15 is 0 Å². The smallest absolute Gasteiger partial charge is 0.0254 e. The first-order valence-corrected chi connectivity index (χ1v) is 9.06. The second-order valence-electron chi connectivity index (χ2n) is 6.97. The lowest BCUT2D eigenvalue weighted by atomic mass is 9.79. The lowest BCUT2D eigenvalue weighted by Crippen LogP contribution is -2.54. The van der Waals surface area contributed by atoms with Gasteiger partial charge in [0.2, 0.25) is 0 Å². The van der Waals surface area contributed by atoms with E-state index in [9.17, 15) is 0 Å². The molecule has 3 unspecified atom stereocenters. The van der Waals surface area contributed by atoms with Gasteiger partial charge in [0.25, 0.3) is 0 Å². The summed E-state index contributed by atoms with van der Waals surface area (Å²) in [5, 5.41) is 3.60. The maximum absolute atomic E-state index is 3.60. The summed E-state index contributed by atoms with van der Waals surface area (Å²) in [5.74, 6) is 0.960. The van der Waals surface area contributed by atoms with Crippen molar-refractivity contribution in [1.29, 1.82) is 0 Å². The molecule has 0 aliphatic heterocycles. The van der Waals surface area contributed by atoms with Gasteiger partial charge in [0, 0.05) is 18.1 Å². The van der Waals surface area contributed by atoms with Gasteiger partial charge in [-0.1, -0.05) is 39.5 Å². The van der Waals surface area contributed by atoms with Crippen LogP contribution in [0.5, 0.6) is 0 Å². The van der Waals surface area contributed by atoms with Crippen LogP contribution in [0.2, 0.25) is 0 Å². The summed E-state index contributed by atoms with van der Waals surface area (Å²) in [6.45, 7) is 10.7. The molecule has 1 aliphatic rings. The molecular formula is C18H38N2. The Morgan fingerprint density at radius 1 is 1.10 bits per heavy atom. The van der Waals surface area contributed by atoms with Crippen molar-refractivity contribution in [1.82, 2.24) is 10.2 Å². The van der Waals surface area contributed by atoms with E-state index in [0.29, 0.717) is 12.1 Å². The van der Waals surface area contributed by atoms with E-state index in [2.05, 4.69) is 45.0 Å². The molecule has 1 N–H and O–H groups in total. The first-order valence-electron chi connectivity index (χ1n) is 9.06. The van der Waals surface area contributed by atoms with E-state index in [1.165, 1.54) is 57.9 Å². The average molecular weight is 283 g/mol. The zero-order valence-electron chi connectivity index (χ0n) is 14.6. The van der Waals surface area contributed by atoms with Gasteiger partial charge in [0.1, 0.15) is 0 Å². The number of nitrogens with zero attached hydrogens (tertiary/aromatic N) is 1. The van der Waals surface area contributed by atoms with Crippen LogP contribution in [0, 0.1) is 5.92 Å². The maximum atomic E-state index is 3.60. The van der Waals surface area contributed by atoms with E-state index in [0.717, 1.165) is 12.0 Å². The summed E-state index contributed by atoms with van der Waals surface area (Å²) in [5.41, 5.74) is 0. The molecule has 3 atom stereocenters. The Morgan fingerprint density at radius 3 is 2.40 bits per heavy atom. The van der Waals surface area contributed by atoms with Crippen molar-refractivity contribution in [2.75, 3.05) is 13.6 Å². The van der Waals surface area contributed by atoms with Crippen molar-refractivity contribution in [3.8, 4) is 0 Å². The van der Waals surface area contributed by atoms with Crippen LogP contribution >= 0.6 is 0 Å². The molecule has 1 fully saturated rings. The van der Waals surface area contributed by atoms with Gasteiger partial charge in [-0.2, -0.15) is 0 Å². The lowest BCUT2D eigenvalue weighted by Gasteiger charge is -2.45. The molecule has 0 amide bonds. The molecule has 0 radical (unpaired) electrons. The van der Waals surface area contributed by atoms with Crippen LogP contribution in [0.1, 0.15) is 79.1 Å². The Hall–Kier alpha value is -0.0800. The van der Waals surface area contributed by atoms with Gasteiger partial charge in [-0.15, -0.1) is 0 Å². The molecule has 0 heterocycles. The molecule has 1 aliphatic carbocycles. The lowest BCUT2D eigenvalue weighted by molar-refractivity contribution is 0.0700. The van der Waals surface area contributed by atoms with E-state index < -0.39 is 0 Å². The number of hydrogen-bond acceptors (Lipinski definition) is 2. The van der Waals surface area contributed by atoms with Crippen LogP contribution in [0.15, 0.2) is 0 Å². The van der Waals surface area contributed by atoms with Crippen molar-refractivity contribution in [3.63, 3.8) is 0 Å². The van der Waals surface area contributed by atoms with Gasteiger partial charge in [-0.25, -0.2) is 0 Å². The minimum Gasteiger partial charge on any atom is -0.315 e. The van der Waals surface area contributed by atoms with Crippen LogP contribution in [0.3, 0.4) is 0 Å². The molecule has 20 heavy (non-hydrogen) atoms. The van der Waals surface area contributed by atoms with Crippen LogP contribution < -0.4 is 5.32 Å². The average Bonchev–Trinajstić information content (AvgIpc) is 2.43. The van der Waals surface area contributed by atoms with Crippen molar-refractivity contribution in [3.05, 3.63) is 0 Å². The number of nitrogens with one attached hydrogen (secondary N) is 1. The highest BCUT2D eigenvalue weighted by Crippen LogP contribution is 2.32. The summed E-state index contributed by atoms with van der Waals surface area (Å²) in [6.07, 6.45) is 11.0. The molecule has 120 valence electrons. The third-order valence-corrected chi connectivity index (χ3v) is 5.10. The zero-order valence-corrected chi connectivity index (χ0v) is 14.6. The quantitative estimate of drug-likeness (QED) is 0.629. The zero-order chi connectivity index (χ0) is 15.0. The molecule has 0 saturated heterocycles. The number of hydrogen-bond donors (Lipinski definition) is 1. The molecule has 1 saturated carbocycles. The summed E-state index contributed by atoms with van der Waals surface area (Å²) in [4.78, 5) is 2.79. The van der Waals surface area contributed by atoms with Gasteiger partial charge < -0.3 is 5.32 Å². The molecule has 0 aromatic carbocycles. The minimum atomic E-state index is 0.674. The monoisotopic (exact) mass is 282 g/mol. The van der Waals surface area contributed by atoms with Crippen LogP contribution in [0.25, 0.3) is 0 Å². The topological polar surface area (TPSA) is 15.3 Å². The van der Waals surface area contributed by atoms with Crippen LogP contribution in [-0.2, 0) is 0 Å². The van der Waals surface area contributed by atoms with E-state index in [1.807, 2.05) is 0 Å². The largest absolute Gasteiger partial charge is 0.315 e. The van der Waals surface area contributed by atoms with Gasteiger partial charge in [0.05, 0.1) is 0 Å². The normalized spacial score (nSPS) is 27.4. The molecule has 0 aromatic rings. The predicted octanol–water partition coefficient (Wildman–Crippen LogP) is 4.44. The second kappa shape index (κ2) is 9.78. The van der Waals surface area contributed by atoms with Crippen molar-refractivity contribution in [2.24, 2.45) is 5.92 Å². The molecule has 0 spiro atoms. The Balaban J connectivity index is 2.66. The van der Waals surface area contributed by atoms with E-state index in [4.69, 9.17) is 0 Å². The minimum absolute atomic E-state index is 0.674. The fraction of sp³-hybridized carbons (Fsp3) is 1.00. The Bertz CT molecular complexity index is 240. The fourth-order valence-corrected chi connectivity index (χ4v) is 3.96. The van der Waals surface area contributed by atoms with E-state index in [1.54, 1.807) is 0 Å².